The highest BCUT2D eigenvalue weighted by molar-refractivity contribution is 8.00. The molecule has 0 N–H and O–H groups in total. The number of nitrogens with zero attached hydrogens (tertiary/aromatic N) is 2. The molecule has 0 fully saturated rings. The zero-order chi connectivity index (χ0) is 18.8. The van der Waals surface area contributed by atoms with Gasteiger partial charge in [-0.05, 0) is 42.5 Å². The second-order valence-corrected chi connectivity index (χ2v) is 7.32. The predicted octanol–water partition coefficient (Wildman–Crippen LogP) is 5.14. The first-order valence-electron chi connectivity index (χ1n) is 8.16. The molecule has 1 aliphatic heterocycles. The summed E-state index contributed by atoms with van der Waals surface area (Å²) >= 11 is 7.07. The quantitative estimate of drug-likeness (QED) is 0.553. The number of furan rings is 2. The second-order valence-electron chi connectivity index (χ2n) is 5.86. The number of carbonyl (C=O) groups is 1. The third-order valence-electron chi connectivity index (χ3n) is 4.10. The summed E-state index contributed by atoms with van der Waals surface area (Å²) in [6.07, 6.45) is 3.64. The van der Waals surface area contributed by atoms with E-state index >= 15 is 0 Å². The molecule has 1 aliphatic rings. The molecule has 0 aliphatic carbocycles. The Hall–Kier alpha value is -2.51. The number of hydrogen-bond donors (Lipinski definition) is 0. The molecule has 1 unspecified atom stereocenters. The highest BCUT2D eigenvalue weighted by atomic mass is 35.5. The number of halogens is 2. The maximum Gasteiger partial charge on any atom is 0.253 e. The third kappa shape index (κ3) is 3.79. The molecule has 3 aromatic rings. The molecule has 1 aromatic carbocycles. The van der Waals surface area contributed by atoms with Crippen molar-refractivity contribution in [2.24, 2.45) is 5.10 Å². The lowest BCUT2D eigenvalue weighted by atomic mass is 10.1. The van der Waals surface area contributed by atoms with Crippen LogP contribution in [0.4, 0.5) is 4.39 Å². The van der Waals surface area contributed by atoms with Crippen LogP contribution < -0.4 is 0 Å². The number of hydrazone groups is 1. The monoisotopic (exact) mass is 404 g/mol. The van der Waals surface area contributed by atoms with Crippen LogP contribution in [0.2, 0.25) is 5.02 Å². The van der Waals surface area contributed by atoms with Gasteiger partial charge in [-0.1, -0.05) is 11.6 Å². The zero-order valence-corrected chi connectivity index (χ0v) is 15.5. The molecule has 27 heavy (non-hydrogen) atoms. The number of rotatable bonds is 5. The van der Waals surface area contributed by atoms with Gasteiger partial charge in [-0.2, -0.15) is 5.10 Å². The maximum absolute atomic E-state index is 13.3. The first kappa shape index (κ1) is 17.9. The summed E-state index contributed by atoms with van der Waals surface area (Å²) in [6, 6.07) is 11.2. The van der Waals surface area contributed by atoms with Crippen LogP contribution >= 0.6 is 23.4 Å². The predicted molar refractivity (Wildman–Crippen MR) is 100 cm³/mol. The number of hydrogen-bond acceptors (Lipinski definition) is 5. The summed E-state index contributed by atoms with van der Waals surface area (Å²) in [4.78, 5) is 13.5. The number of amides is 1. The van der Waals surface area contributed by atoms with Gasteiger partial charge in [0.2, 0.25) is 0 Å². The lowest BCUT2D eigenvalue weighted by molar-refractivity contribution is -0.130. The van der Waals surface area contributed by atoms with Crippen molar-refractivity contribution in [1.29, 1.82) is 0 Å². The Kier molecular flexibility index (Phi) is 5.05. The molecule has 0 saturated carbocycles. The minimum atomic E-state index is -0.488. The van der Waals surface area contributed by atoms with Crippen molar-refractivity contribution >= 4 is 35.0 Å². The average Bonchev–Trinajstić information content (AvgIpc) is 3.41. The van der Waals surface area contributed by atoms with E-state index in [-0.39, 0.29) is 22.7 Å². The summed E-state index contributed by atoms with van der Waals surface area (Å²) in [5.74, 6) is 0.734. The minimum absolute atomic E-state index is 0.0280. The Bertz CT molecular complexity index is 973. The Morgan fingerprint density at radius 2 is 2.07 bits per heavy atom. The molecular weight excluding hydrogens is 391 g/mol. The van der Waals surface area contributed by atoms with E-state index in [2.05, 4.69) is 5.10 Å². The van der Waals surface area contributed by atoms with Crippen molar-refractivity contribution in [3.05, 3.63) is 77.4 Å². The highest BCUT2D eigenvalue weighted by Crippen LogP contribution is 2.34. The normalized spacial score (nSPS) is 16.6. The summed E-state index contributed by atoms with van der Waals surface area (Å²) in [5.41, 5.74) is 0.685. The van der Waals surface area contributed by atoms with Gasteiger partial charge < -0.3 is 8.83 Å². The smallest absolute Gasteiger partial charge is 0.253 e. The fourth-order valence-electron chi connectivity index (χ4n) is 2.81. The number of benzene rings is 1. The first-order chi connectivity index (χ1) is 13.1. The molecule has 5 nitrogen and oxygen atoms in total. The van der Waals surface area contributed by atoms with Crippen LogP contribution in [0.1, 0.15) is 24.0 Å². The Morgan fingerprint density at radius 3 is 2.78 bits per heavy atom. The molecule has 0 saturated heterocycles. The molecule has 0 radical (unpaired) electrons. The van der Waals surface area contributed by atoms with Crippen LogP contribution in [0.5, 0.6) is 0 Å². The van der Waals surface area contributed by atoms with Crippen molar-refractivity contribution in [3.63, 3.8) is 0 Å². The van der Waals surface area contributed by atoms with Crippen LogP contribution in [0.15, 0.2) is 73.8 Å². The molecule has 8 heteroatoms. The van der Waals surface area contributed by atoms with E-state index in [9.17, 15) is 9.18 Å². The van der Waals surface area contributed by atoms with Crippen molar-refractivity contribution in [2.45, 2.75) is 17.4 Å². The van der Waals surface area contributed by atoms with Gasteiger partial charge in [-0.3, -0.25) is 4.79 Å². The van der Waals surface area contributed by atoms with E-state index in [0.29, 0.717) is 28.5 Å². The van der Waals surface area contributed by atoms with Gasteiger partial charge in [-0.15, -0.1) is 11.8 Å². The SMILES string of the molecule is O=C(CSc1ccc(F)c(Cl)c1)N1N=C(c2ccco2)CC1c1ccco1. The lowest BCUT2D eigenvalue weighted by Crippen LogP contribution is -2.28. The standard InChI is InChI=1S/C19H14ClFN2O3S/c20-13-9-12(5-6-14(13)21)27-11-19(24)23-16(18-4-2-8-26-18)10-15(22-23)17-3-1-7-25-17/h1-9,16H,10-11H2. The Balaban J connectivity index is 1.52. The number of carbonyl (C=O) groups excluding carboxylic acids is 1. The van der Waals surface area contributed by atoms with E-state index in [0.717, 1.165) is 0 Å². The van der Waals surface area contributed by atoms with E-state index in [1.54, 1.807) is 36.8 Å². The summed E-state index contributed by atoms with van der Waals surface area (Å²) in [6.45, 7) is 0. The van der Waals surface area contributed by atoms with Gasteiger partial charge in [0, 0.05) is 11.3 Å². The Labute approximate surface area is 163 Å². The van der Waals surface area contributed by atoms with Crippen molar-refractivity contribution in [3.8, 4) is 0 Å². The third-order valence-corrected chi connectivity index (χ3v) is 5.36. The van der Waals surface area contributed by atoms with Gasteiger partial charge in [0.25, 0.3) is 5.91 Å². The fraction of sp³-hybridized carbons (Fsp3) is 0.158. The van der Waals surface area contributed by atoms with Gasteiger partial charge >= 0.3 is 0 Å². The number of thioether (sulfide) groups is 1. The topological polar surface area (TPSA) is 59.0 Å². The highest BCUT2D eigenvalue weighted by Gasteiger charge is 2.35. The maximum atomic E-state index is 13.3. The van der Waals surface area contributed by atoms with Crippen LogP contribution in [-0.4, -0.2) is 22.4 Å². The van der Waals surface area contributed by atoms with Gasteiger partial charge in [0.05, 0.1) is 23.3 Å². The molecular formula is C19H14ClFN2O3S. The molecule has 2 aromatic heterocycles. The molecule has 1 amide bonds. The van der Waals surface area contributed by atoms with Crippen LogP contribution in [-0.2, 0) is 4.79 Å². The largest absolute Gasteiger partial charge is 0.467 e. The lowest BCUT2D eigenvalue weighted by Gasteiger charge is -2.19. The van der Waals surface area contributed by atoms with Crippen LogP contribution in [0.25, 0.3) is 0 Å². The minimum Gasteiger partial charge on any atom is -0.467 e. The van der Waals surface area contributed by atoms with E-state index < -0.39 is 5.82 Å². The average molecular weight is 405 g/mol. The van der Waals surface area contributed by atoms with Crippen molar-refractivity contribution < 1.29 is 18.0 Å². The molecule has 0 spiro atoms. The van der Waals surface area contributed by atoms with Crippen LogP contribution in [0.3, 0.4) is 0 Å². The zero-order valence-electron chi connectivity index (χ0n) is 14.0. The van der Waals surface area contributed by atoms with E-state index in [1.165, 1.54) is 28.9 Å². The van der Waals surface area contributed by atoms with Crippen molar-refractivity contribution in [1.82, 2.24) is 5.01 Å². The molecule has 1 atom stereocenters. The van der Waals surface area contributed by atoms with Gasteiger partial charge in [-0.25, -0.2) is 9.40 Å². The van der Waals surface area contributed by atoms with E-state index in [4.69, 9.17) is 20.4 Å². The molecule has 4 rings (SSSR count). The first-order valence-corrected chi connectivity index (χ1v) is 9.53. The van der Waals surface area contributed by atoms with Crippen LogP contribution in [0, 0.1) is 5.82 Å². The summed E-state index contributed by atoms with van der Waals surface area (Å²) in [7, 11) is 0. The van der Waals surface area contributed by atoms with Gasteiger partial charge in [0.15, 0.2) is 0 Å². The Morgan fingerprint density at radius 1 is 1.26 bits per heavy atom. The molecule has 0 bridgehead atoms. The van der Waals surface area contributed by atoms with Crippen molar-refractivity contribution in [2.75, 3.05) is 5.75 Å². The fourth-order valence-corrected chi connectivity index (χ4v) is 3.85. The molecule has 138 valence electrons. The second kappa shape index (κ2) is 7.62. The molecule has 3 heterocycles. The van der Waals surface area contributed by atoms with E-state index in [1.807, 2.05) is 6.07 Å². The van der Waals surface area contributed by atoms with Gasteiger partial charge in [0.1, 0.15) is 29.1 Å². The summed E-state index contributed by atoms with van der Waals surface area (Å²) in [5, 5.41) is 5.91. The summed E-state index contributed by atoms with van der Waals surface area (Å²) < 4.78 is 24.2.